The third-order valence-electron chi connectivity index (χ3n) is 6.80. The number of hydrogen-bond donors (Lipinski definition) is 3. The van der Waals surface area contributed by atoms with Crippen LogP contribution in [0.3, 0.4) is 0 Å². The van der Waals surface area contributed by atoms with E-state index in [1.165, 1.54) is 19.5 Å². The smallest absolute Gasteiger partial charge is 0.323 e. The number of carbonyl (C=O) groups is 1. The molecule has 0 spiro atoms. The van der Waals surface area contributed by atoms with Crippen molar-refractivity contribution in [3.63, 3.8) is 0 Å². The van der Waals surface area contributed by atoms with Crippen molar-refractivity contribution in [1.29, 1.82) is 0 Å². The highest BCUT2D eigenvalue weighted by Gasteiger charge is 2.33. The van der Waals surface area contributed by atoms with Crippen LogP contribution in [-0.2, 0) is 9.53 Å². The molecule has 1 aliphatic carbocycles. The molecule has 1 aromatic heterocycles. The normalized spacial score (nSPS) is 18.1. The number of fused-ring (bicyclic) bond motifs is 1. The maximum Gasteiger partial charge on any atom is 0.323 e. The first-order chi connectivity index (χ1) is 18.4. The monoisotopic (exact) mass is 545 g/mol. The molecule has 1 atom stereocenters. The first-order valence-electron chi connectivity index (χ1n) is 12.6. The zero-order valence-corrected chi connectivity index (χ0v) is 22.5. The van der Waals surface area contributed by atoms with E-state index in [-0.39, 0.29) is 34.7 Å². The predicted octanol–water partition coefficient (Wildman–Crippen LogP) is 4.46. The number of aromatic nitrogens is 2. The van der Waals surface area contributed by atoms with Gasteiger partial charge in [0.15, 0.2) is 17.3 Å². The van der Waals surface area contributed by atoms with Crippen molar-refractivity contribution in [2.75, 3.05) is 39.7 Å². The standard InChI is InChI=1S/C27H33ClFN5O4/c1-30-11-12-31-25(27(35)37-3)16-7-9-17(10-8-16)38-23-13-18-21(14-22(23)36-2)32-15-33-26(18)34-20-6-4-5-19(28)24(20)29/h4-6,13-17,25,30-31H,7-12H2,1-3H3,(H,32,33,34)/t16?,17?,25-/m0/s1. The summed E-state index contributed by atoms with van der Waals surface area (Å²) in [7, 11) is 4.87. The Hall–Kier alpha value is -3.21. The minimum atomic E-state index is -0.562. The molecule has 4 rings (SSSR count). The van der Waals surface area contributed by atoms with Gasteiger partial charge in [0.25, 0.3) is 0 Å². The minimum absolute atomic E-state index is 0.0151. The van der Waals surface area contributed by atoms with E-state index in [0.29, 0.717) is 34.8 Å². The molecule has 1 aliphatic rings. The Balaban J connectivity index is 1.51. The number of esters is 1. The molecule has 2 aromatic carbocycles. The lowest BCUT2D eigenvalue weighted by atomic mass is 9.82. The van der Waals surface area contributed by atoms with E-state index in [9.17, 15) is 9.18 Å². The van der Waals surface area contributed by atoms with Gasteiger partial charge in [-0.05, 0) is 56.8 Å². The Morgan fingerprint density at radius 1 is 1.13 bits per heavy atom. The molecule has 204 valence electrons. The molecular weight excluding hydrogens is 513 g/mol. The lowest BCUT2D eigenvalue weighted by Crippen LogP contribution is -2.47. The molecule has 0 saturated heterocycles. The SMILES string of the molecule is CNCCN[C@H](C(=O)OC)C1CCC(Oc2cc3c(Nc4cccc(Cl)c4F)ncnc3cc2OC)CC1. The molecule has 0 amide bonds. The fourth-order valence-corrected chi connectivity index (χ4v) is 4.96. The van der Waals surface area contributed by atoms with E-state index in [1.54, 1.807) is 25.3 Å². The van der Waals surface area contributed by atoms with Gasteiger partial charge in [0, 0.05) is 24.5 Å². The molecule has 0 bridgehead atoms. The highest BCUT2D eigenvalue weighted by atomic mass is 35.5. The Morgan fingerprint density at radius 3 is 2.63 bits per heavy atom. The Kier molecular flexibility index (Phi) is 9.54. The van der Waals surface area contributed by atoms with Gasteiger partial charge in [0.2, 0.25) is 0 Å². The summed E-state index contributed by atoms with van der Waals surface area (Å²) >= 11 is 5.94. The molecule has 11 heteroatoms. The number of nitrogens with zero attached hydrogens (tertiary/aromatic N) is 2. The maximum atomic E-state index is 14.5. The zero-order valence-electron chi connectivity index (χ0n) is 21.7. The average molecular weight is 546 g/mol. The van der Waals surface area contributed by atoms with Gasteiger partial charge in [0.05, 0.1) is 36.6 Å². The Bertz CT molecular complexity index is 1260. The van der Waals surface area contributed by atoms with Crippen molar-refractivity contribution in [2.45, 2.75) is 37.8 Å². The summed E-state index contributed by atoms with van der Waals surface area (Å²) in [5.41, 5.74) is 0.823. The summed E-state index contributed by atoms with van der Waals surface area (Å²) in [5, 5.41) is 10.1. The molecule has 9 nitrogen and oxygen atoms in total. The number of ether oxygens (including phenoxy) is 3. The van der Waals surface area contributed by atoms with Crippen LogP contribution in [-0.4, -0.2) is 62.4 Å². The van der Waals surface area contributed by atoms with E-state index < -0.39 is 5.82 Å². The van der Waals surface area contributed by atoms with Gasteiger partial charge >= 0.3 is 5.97 Å². The molecular formula is C27H33ClFN5O4. The minimum Gasteiger partial charge on any atom is -0.493 e. The number of hydrogen-bond acceptors (Lipinski definition) is 9. The third kappa shape index (κ3) is 6.43. The van der Waals surface area contributed by atoms with Gasteiger partial charge in [-0.15, -0.1) is 0 Å². The van der Waals surface area contributed by atoms with E-state index in [1.807, 2.05) is 13.1 Å². The summed E-state index contributed by atoms with van der Waals surface area (Å²) in [6, 6.07) is 7.97. The second-order valence-corrected chi connectivity index (χ2v) is 9.59. The van der Waals surface area contributed by atoms with Crippen LogP contribution in [0.1, 0.15) is 25.7 Å². The number of rotatable bonds is 11. The van der Waals surface area contributed by atoms with Gasteiger partial charge in [0.1, 0.15) is 18.2 Å². The largest absolute Gasteiger partial charge is 0.493 e. The predicted molar refractivity (Wildman–Crippen MR) is 145 cm³/mol. The van der Waals surface area contributed by atoms with Crippen LogP contribution in [0.5, 0.6) is 11.5 Å². The summed E-state index contributed by atoms with van der Waals surface area (Å²) in [4.78, 5) is 21.0. The van der Waals surface area contributed by atoms with Crippen molar-refractivity contribution in [3.05, 3.63) is 47.5 Å². The van der Waals surface area contributed by atoms with Crippen molar-refractivity contribution in [1.82, 2.24) is 20.6 Å². The molecule has 3 aromatic rings. The molecule has 0 unspecified atom stereocenters. The number of nitrogens with one attached hydrogen (secondary N) is 3. The number of carbonyl (C=O) groups excluding carboxylic acids is 1. The molecule has 0 radical (unpaired) electrons. The van der Waals surface area contributed by atoms with Gasteiger partial charge in [-0.1, -0.05) is 17.7 Å². The highest BCUT2D eigenvalue weighted by molar-refractivity contribution is 6.31. The van der Waals surface area contributed by atoms with E-state index in [2.05, 4.69) is 25.9 Å². The first kappa shape index (κ1) is 27.8. The van der Waals surface area contributed by atoms with Crippen molar-refractivity contribution in [3.8, 4) is 11.5 Å². The maximum absolute atomic E-state index is 14.5. The van der Waals surface area contributed by atoms with Crippen molar-refractivity contribution in [2.24, 2.45) is 5.92 Å². The van der Waals surface area contributed by atoms with Gasteiger partial charge in [-0.25, -0.2) is 14.4 Å². The molecule has 38 heavy (non-hydrogen) atoms. The topological polar surface area (TPSA) is 107 Å². The van der Waals surface area contributed by atoms with Crippen LogP contribution >= 0.6 is 11.6 Å². The van der Waals surface area contributed by atoms with E-state index in [0.717, 1.165) is 32.2 Å². The number of benzene rings is 2. The van der Waals surface area contributed by atoms with Crippen LogP contribution in [0.2, 0.25) is 5.02 Å². The molecule has 3 N–H and O–H groups in total. The second kappa shape index (κ2) is 13.0. The Labute approximate surface area is 226 Å². The molecule has 1 heterocycles. The Morgan fingerprint density at radius 2 is 1.92 bits per heavy atom. The lowest BCUT2D eigenvalue weighted by molar-refractivity contribution is -0.145. The van der Waals surface area contributed by atoms with Crippen LogP contribution in [0.4, 0.5) is 15.9 Å². The van der Waals surface area contributed by atoms with Crippen LogP contribution in [0.15, 0.2) is 36.7 Å². The number of methoxy groups -OCH3 is 2. The quantitative estimate of drug-likeness (QED) is 0.238. The second-order valence-electron chi connectivity index (χ2n) is 9.18. The van der Waals surface area contributed by atoms with Gasteiger partial charge < -0.3 is 30.2 Å². The van der Waals surface area contributed by atoms with E-state index >= 15 is 0 Å². The van der Waals surface area contributed by atoms with Gasteiger partial charge in [-0.3, -0.25) is 4.79 Å². The summed E-state index contributed by atoms with van der Waals surface area (Å²) in [5.74, 6) is 0.866. The van der Waals surface area contributed by atoms with Crippen LogP contribution < -0.4 is 25.4 Å². The molecule has 0 aliphatic heterocycles. The van der Waals surface area contributed by atoms with Gasteiger partial charge in [-0.2, -0.15) is 0 Å². The van der Waals surface area contributed by atoms with Crippen LogP contribution in [0.25, 0.3) is 10.9 Å². The lowest BCUT2D eigenvalue weighted by Gasteiger charge is -2.33. The highest BCUT2D eigenvalue weighted by Crippen LogP contribution is 2.38. The van der Waals surface area contributed by atoms with E-state index in [4.69, 9.17) is 25.8 Å². The molecule has 1 fully saturated rings. The zero-order chi connectivity index (χ0) is 27.1. The third-order valence-corrected chi connectivity index (χ3v) is 7.10. The summed E-state index contributed by atoms with van der Waals surface area (Å²) < 4.78 is 31.5. The number of likely N-dealkylation sites (N-methyl/N-ethyl adjacent to an activating group) is 1. The fraction of sp³-hybridized carbons (Fsp3) is 0.444. The summed E-state index contributed by atoms with van der Waals surface area (Å²) in [6.07, 6.45) is 4.53. The summed E-state index contributed by atoms with van der Waals surface area (Å²) in [6.45, 7) is 1.44. The first-order valence-corrected chi connectivity index (χ1v) is 13.0. The number of halogens is 2. The molecule has 1 saturated carbocycles. The van der Waals surface area contributed by atoms with Crippen LogP contribution in [0, 0.1) is 11.7 Å². The van der Waals surface area contributed by atoms with Crippen molar-refractivity contribution < 1.29 is 23.4 Å². The average Bonchev–Trinajstić information content (AvgIpc) is 2.94. The van der Waals surface area contributed by atoms with Crippen molar-refractivity contribution >= 4 is 40.0 Å². The fourth-order valence-electron chi connectivity index (χ4n) is 4.78. The number of anilines is 2.